The zero-order valence-corrected chi connectivity index (χ0v) is 24.7. The van der Waals surface area contributed by atoms with Crippen molar-refractivity contribution in [3.63, 3.8) is 0 Å². The van der Waals surface area contributed by atoms with Crippen molar-refractivity contribution in [1.29, 1.82) is 0 Å². The summed E-state index contributed by atoms with van der Waals surface area (Å²) in [6.07, 6.45) is 5.93. The van der Waals surface area contributed by atoms with Gasteiger partial charge in [0.1, 0.15) is 5.82 Å². The Bertz CT molecular complexity index is 1510. The van der Waals surface area contributed by atoms with Gasteiger partial charge in [0.15, 0.2) is 5.78 Å². The molecule has 0 spiro atoms. The number of H-pyrrole nitrogens is 1. The molecule has 3 aromatic rings. The average Bonchev–Trinajstić information content (AvgIpc) is 3.45. The molecule has 9 nitrogen and oxygen atoms in total. The van der Waals surface area contributed by atoms with Crippen molar-refractivity contribution in [2.24, 2.45) is 11.8 Å². The van der Waals surface area contributed by atoms with Crippen molar-refractivity contribution < 1.29 is 28.4 Å². The molecular formula is C34H39FN4O5. The van der Waals surface area contributed by atoms with Crippen molar-refractivity contribution in [3.05, 3.63) is 71.7 Å². The first-order chi connectivity index (χ1) is 21.3. The van der Waals surface area contributed by atoms with Crippen LogP contribution in [0, 0.1) is 17.7 Å². The second kappa shape index (κ2) is 14.4. The zero-order chi connectivity index (χ0) is 31.1. The largest absolute Gasteiger partial charge is 0.356 e. The van der Waals surface area contributed by atoms with Gasteiger partial charge in [-0.15, -0.1) is 0 Å². The second-order valence-electron chi connectivity index (χ2n) is 12.0. The van der Waals surface area contributed by atoms with E-state index in [1.807, 2.05) is 30.3 Å². The van der Waals surface area contributed by atoms with Crippen LogP contribution < -0.4 is 16.0 Å². The lowest BCUT2D eigenvalue weighted by atomic mass is 9.88. The number of nitrogens with one attached hydrogen (secondary N) is 4. The minimum Gasteiger partial charge on any atom is -0.356 e. The average molecular weight is 603 g/mol. The molecule has 2 fully saturated rings. The molecular weight excluding hydrogens is 563 g/mol. The molecule has 1 aliphatic carbocycles. The van der Waals surface area contributed by atoms with Crippen LogP contribution >= 0.6 is 0 Å². The number of benzene rings is 2. The Morgan fingerprint density at radius 1 is 0.932 bits per heavy atom. The SMILES string of the molecule is O=C(NC1CCCCC1)C(=O)[C@H](C[C@@H]1CCCNC1=O)NC(=O)[C@@H](CC(=O)c1cc2ccc(F)cc2[nH]1)Cc1ccccc1. The molecule has 1 aromatic heterocycles. The van der Waals surface area contributed by atoms with Crippen LogP contribution in [0.3, 0.4) is 0 Å². The lowest BCUT2D eigenvalue weighted by Crippen LogP contribution is -2.53. The molecule has 0 bridgehead atoms. The third-order valence-electron chi connectivity index (χ3n) is 8.73. The normalized spacial score (nSPS) is 18.7. The highest BCUT2D eigenvalue weighted by molar-refractivity contribution is 6.38. The molecule has 10 heteroatoms. The first-order valence-corrected chi connectivity index (χ1v) is 15.5. The van der Waals surface area contributed by atoms with Crippen LogP contribution in [0.4, 0.5) is 4.39 Å². The maximum atomic E-state index is 13.9. The van der Waals surface area contributed by atoms with Gasteiger partial charge < -0.3 is 20.9 Å². The first-order valence-electron chi connectivity index (χ1n) is 15.5. The van der Waals surface area contributed by atoms with Crippen LogP contribution in [0.2, 0.25) is 0 Å². The highest BCUT2D eigenvalue weighted by Crippen LogP contribution is 2.23. The summed E-state index contributed by atoms with van der Waals surface area (Å²) in [4.78, 5) is 69.4. The standard InChI is InChI=1S/C34H39FN4O5/c35-25-14-13-22-17-28(38-27(22)20-25)30(40)19-24(16-21-8-3-1-4-9-21)33(43)39-29(18-23-10-7-15-36-32(23)42)31(41)34(44)37-26-11-5-2-6-12-26/h1,3-4,8-9,13-14,17,20,23-24,26,29,38H,2,5-7,10-12,15-16,18-19H2,(H,36,42)(H,37,44)(H,39,43)/t23-,24+,29-/m0/s1. The number of aromatic amines is 1. The summed E-state index contributed by atoms with van der Waals surface area (Å²) in [6, 6.07) is 13.7. The van der Waals surface area contributed by atoms with Crippen LogP contribution in [0.1, 0.15) is 73.8 Å². The maximum Gasteiger partial charge on any atom is 0.289 e. The number of fused-ring (bicyclic) bond motifs is 1. The topological polar surface area (TPSA) is 137 Å². The summed E-state index contributed by atoms with van der Waals surface area (Å²) in [7, 11) is 0. The Morgan fingerprint density at radius 2 is 1.70 bits per heavy atom. The number of rotatable bonds is 12. The molecule has 0 radical (unpaired) electrons. The number of Topliss-reactive ketones (excluding diaryl/α,β-unsaturated/α-hetero) is 2. The number of carbonyl (C=O) groups is 5. The maximum absolute atomic E-state index is 13.9. The molecule has 3 atom stereocenters. The van der Waals surface area contributed by atoms with Gasteiger partial charge in [-0.25, -0.2) is 4.39 Å². The minimum absolute atomic E-state index is 0.00587. The first kappa shape index (κ1) is 31.1. The lowest BCUT2D eigenvalue weighted by molar-refractivity contribution is -0.141. The number of hydrogen-bond donors (Lipinski definition) is 4. The Morgan fingerprint density at radius 3 is 2.45 bits per heavy atom. The number of piperidine rings is 1. The predicted octanol–water partition coefficient (Wildman–Crippen LogP) is 4.16. The molecule has 2 heterocycles. The molecule has 1 saturated heterocycles. The van der Waals surface area contributed by atoms with Crippen LogP contribution in [-0.4, -0.2) is 52.9 Å². The molecule has 5 rings (SSSR count). The van der Waals surface area contributed by atoms with E-state index >= 15 is 0 Å². The Labute approximate surface area is 255 Å². The third-order valence-corrected chi connectivity index (χ3v) is 8.73. The molecule has 3 amide bonds. The molecule has 1 saturated carbocycles. The quantitative estimate of drug-likeness (QED) is 0.182. The fourth-order valence-corrected chi connectivity index (χ4v) is 6.27. The number of halogens is 1. The smallest absolute Gasteiger partial charge is 0.289 e. The minimum atomic E-state index is -1.22. The summed E-state index contributed by atoms with van der Waals surface area (Å²) in [6.45, 7) is 0.546. The number of aromatic nitrogens is 1. The van der Waals surface area contributed by atoms with Gasteiger partial charge in [0.05, 0.1) is 11.7 Å². The number of ketones is 2. The van der Waals surface area contributed by atoms with E-state index in [1.54, 1.807) is 12.1 Å². The van der Waals surface area contributed by atoms with Gasteiger partial charge in [0.2, 0.25) is 17.6 Å². The molecule has 44 heavy (non-hydrogen) atoms. The van der Waals surface area contributed by atoms with E-state index in [1.165, 1.54) is 12.1 Å². The van der Waals surface area contributed by atoms with Gasteiger partial charge in [-0.3, -0.25) is 24.0 Å². The van der Waals surface area contributed by atoms with Crippen molar-refractivity contribution in [1.82, 2.24) is 20.9 Å². The number of carbonyl (C=O) groups excluding carboxylic acids is 5. The van der Waals surface area contributed by atoms with E-state index in [9.17, 15) is 28.4 Å². The van der Waals surface area contributed by atoms with Gasteiger partial charge in [0.25, 0.3) is 5.91 Å². The molecule has 0 unspecified atom stereocenters. The molecule has 1 aliphatic heterocycles. The van der Waals surface area contributed by atoms with E-state index in [0.717, 1.165) is 44.1 Å². The van der Waals surface area contributed by atoms with Crippen LogP contribution in [0.25, 0.3) is 10.9 Å². The van der Waals surface area contributed by atoms with E-state index < -0.39 is 41.3 Å². The molecule has 4 N–H and O–H groups in total. The fourth-order valence-electron chi connectivity index (χ4n) is 6.27. The summed E-state index contributed by atoms with van der Waals surface area (Å²) >= 11 is 0. The lowest BCUT2D eigenvalue weighted by Gasteiger charge is -2.28. The van der Waals surface area contributed by atoms with Crippen molar-refractivity contribution in [3.8, 4) is 0 Å². The fraction of sp³-hybridized carbons (Fsp3) is 0.441. The van der Waals surface area contributed by atoms with E-state index in [4.69, 9.17) is 0 Å². The second-order valence-corrected chi connectivity index (χ2v) is 12.0. The van der Waals surface area contributed by atoms with Gasteiger partial charge >= 0.3 is 0 Å². The third kappa shape index (κ3) is 7.98. The summed E-state index contributed by atoms with van der Waals surface area (Å²) < 4.78 is 13.7. The highest BCUT2D eigenvalue weighted by atomic mass is 19.1. The van der Waals surface area contributed by atoms with E-state index in [0.29, 0.717) is 23.9 Å². The zero-order valence-electron chi connectivity index (χ0n) is 24.7. The molecule has 2 aliphatic rings. The molecule has 2 aromatic carbocycles. The van der Waals surface area contributed by atoms with Gasteiger partial charge in [-0.2, -0.15) is 0 Å². The van der Waals surface area contributed by atoms with E-state index in [-0.39, 0.29) is 42.7 Å². The predicted molar refractivity (Wildman–Crippen MR) is 163 cm³/mol. The van der Waals surface area contributed by atoms with Crippen molar-refractivity contribution in [2.45, 2.75) is 76.3 Å². The summed E-state index contributed by atoms with van der Waals surface area (Å²) in [5.74, 6) is -4.49. The molecule has 232 valence electrons. The Kier molecular flexibility index (Phi) is 10.2. The van der Waals surface area contributed by atoms with Crippen LogP contribution in [-0.2, 0) is 25.6 Å². The van der Waals surface area contributed by atoms with Crippen molar-refractivity contribution in [2.75, 3.05) is 6.54 Å². The van der Waals surface area contributed by atoms with Crippen molar-refractivity contribution >= 4 is 40.2 Å². The monoisotopic (exact) mass is 602 g/mol. The van der Waals surface area contributed by atoms with Gasteiger partial charge in [-0.1, -0.05) is 49.6 Å². The van der Waals surface area contributed by atoms with E-state index in [2.05, 4.69) is 20.9 Å². The number of hydrogen-bond acceptors (Lipinski definition) is 5. The van der Waals surface area contributed by atoms with Gasteiger partial charge in [0, 0.05) is 41.7 Å². The Hall–Kier alpha value is -4.34. The Balaban J connectivity index is 1.36. The van der Waals surface area contributed by atoms with Crippen LogP contribution in [0.15, 0.2) is 54.6 Å². The summed E-state index contributed by atoms with van der Waals surface area (Å²) in [5.41, 5.74) is 1.54. The van der Waals surface area contributed by atoms with Crippen LogP contribution in [0.5, 0.6) is 0 Å². The summed E-state index contributed by atoms with van der Waals surface area (Å²) in [5, 5.41) is 9.08. The van der Waals surface area contributed by atoms with Gasteiger partial charge in [-0.05, 0) is 68.4 Å². The highest BCUT2D eigenvalue weighted by Gasteiger charge is 2.36. The number of amides is 3.